The summed E-state index contributed by atoms with van der Waals surface area (Å²) in [4.78, 5) is 30.7. The first-order chi connectivity index (χ1) is 16.2. The molecule has 0 aromatic heterocycles. The minimum absolute atomic E-state index is 0.0715. The number of hydrogen-bond acceptors (Lipinski definition) is 4. The molecule has 2 saturated heterocycles. The van der Waals surface area contributed by atoms with Crippen molar-refractivity contribution < 1.29 is 27.2 Å². The van der Waals surface area contributed by atoms with Crippen LogP contribution in [0.15, 0.2) is 54.6 Å². The molecule has 2 aromatic carbocycles. The van der Waals surface area contributed by atoms with Gasteiger partial charge >= 0.3 is 6.18 Å². The molecule has 10 heteroatoms. The van der Waals surface area contributed by atoms with Crippen LogP contribution in [-0.4, -0.2) is 66.2 Å². The van der Waals surface area contributed by atoms with E-state index in [2.05, 4.69) is 4.90 Å². The maximum Gasteiger partial charge on any atom is 0.405 e. The van der Waals surface area contributed by atoms with Crippen LogP contribution in [0.5, 0.6) is 0 Å². The molecule has 0 saturated carbocycles. The fourth-order valence-electron chi connectivity index (χ4n) is 4.71. The average Bonchev–Trinajstić information content (AvgIpc) is 3.06. The van der Waals surface area contributed by atoms with Crippen LogP contribution < -0.4 is 10.2 Å². The number of piperidine rings is 1. The van der Waals surface area contributed by atoms with Gasteiger partial charge in [-0.15, -0.1) is 0 Å². The van der Waals surface area contributed by atoms with Gasteiger partial charge in [0.1, 0.15) is 24.4 Å². The number of amides is 2. The Bertz CT molecular complexity index is 1020. The van der Waals surface area contributed by atoms with Crippen molar-refractivity contribution in [1.29, 1.82) is 0 Å². The third-order valence-corrected chi connectivity index (χ3v) is 6.41. The Balaban J connectivity index is 1.52. The SMILES string of the molecule is O=C(CN1CN(c2ccccc2F)C2(CCN(Cc3ccccc3)CC2)C1=O)NCC(F)(F)F. The number of nitrogens with one attached hydrogen (secondary N) is 1. The molecule has 2 heterocycles. The minimum Gasteiger partial charge on any atom is -0.345 e. The monoisotopic (exact) mass is 478 g/mol. The molecule has 0 radical (unpaired) electrons. The Morgan fingerprint density at radius 2 is 1.65 bits per heavy atom. The molecular weight excluding hydrogens is 452 g/mol. The number of nitrogens with zero attached hydrogens (tertiary/aromatic N) is 3. The second-order valence-electron chi connectivity index (χ2n) is 8.71. The fraction of sp³-hybridized carbons (Fsp3) is 0.417. The molecule has 34 heavy (non-hydrogen) atoms. The zero-order chi connectivity index (χ0) is 24.3. The van der Waals surface area contributed by atoms with Gasteiger partial charge in [0.25, 0.3) is 5.91 Å². The number of alkyl halides is 3. The molecule has 0 bridgehead atoms. The van der Waals surface area contributed by atoms with E-state index < -0.39 is 36.5 Å². The molecule has 2 aliphatic rings. The maximum atomic E-state index is 14.7. The summed E-state index contributed by atoms with van der Waals surface area (Å²) < 4.78 is 52.1. The lowest BCUT2D eigenvalue weighted by Crippen LogP contribution is -2.56. The van der Waals surface area contributed by atoms with Crippen molar-refractivity contribution in [3.63, 3.8) is 0 Å². The molecule has 1 spiro atoms. The van der Waals surface area contributed by atoms with E-state index in [1.54, 1.807) is 28.4 Å². The first-order valence-corrected chi connectivity index (χ1v) is 11.1. The van der Waals surface area contributed by atoms with Crippen molar-refractivity contribution in [2.24, 2.45) is 0 Å². The summed E-state index contributed by atoms with van der Waals surface area (Å²) in [5, 5.41) is 1.80. The Morgan fingerprint density at radius 3 is 2.29 bits per heavy atom. The van der Waals surface area contributed by atoms with Crippen molar-refractivity contribution >= 4 is 17.5 Å². The summed E-state index contributed by atoms with van der Waals surface area (Å²) in [6, 6.07) is 16.0. The average molecular weight is 478 g/mol. The van der Waals surface area contributed by atoms with Crippen LogP contribution in [0.4, 0.5) is 23.2 Å². The molecule has 2 aromatic rings. The number of rotatable bonds is 6. The largest absolute Gasteiger partial charge is 0.405 e. The molecule has 0 atom stereocenters. The molecule has 2 fully saturated rings. The molecule has 2 aliphatic heterocycles. The van der Waals surface area contributed by atoms with Gasteiger partial charge in [0.15, 0.2) is 0 Å². The molecule has 4 rings (SSSR count). The molecule has 0 unspecified atom stereocenters. The fourth-order valence-corrected chi connectivity index (χ4v) is 4.71. The van der Waals surface area contributed by atoms with Gasteiger partial charge in [-0.2, -0.15) is 13.2 Å². The molecule has 2 amide bonds. The van der Waals surface area contributed by atoms with Crippen molar-refractivity contribution in [3.8, 4) is 0 Å². The summed E-state index contributed by atoms with van der Waals surface area (Å²) in [6.45, 7) is -0.175. The molecule has 182 valence electrons. The van der Waals surface area contributed by atoms with E-state index in [1.165, 1.54) is 11.0 Å². The molecule has 0 aliphatic carbocycles. The Kier molecular flexibility index (Phi) is 6.79. The second-order valence-corrected chi connectivity index (χ2v) is 8.71. The standard InChI is InChI=1S/C24H26F4N4O2/c25-19-8-4-5-9-20(19)32-17-31(15-21(33)29-16-24(26,27)28)22(34)23(32)10-12-30(13-11-23)14-18-6-2-1-3-7-18/h1-9H,10-17H2,(H,29,33). The van der Waals surface area contributed by atoms with Gasteiger partial charge in [0, 0.05) is 19.6 Å². The number of anilines is 1. The van der Waals surface area contributed by atoms with E-state index in [-0.39, 0.29) is 18.3 Å². The van der Waals surface area contributed by atoms with E-state index in [0.717, 1.165) is 5.56 Å². The quantitative estimate of drug-likeness (QED) is 0.649. The number of para-hydroxylation sites is 1. The molecular formula is C24H26F4N4O2. The summed E-state index contributed by atoms with van der Waals surface area (Å²) in [5.41, 5.74) is 0.329. The smallest absolute Gasteiger partial charge is 0.345 e. The second kappa shape index (κ2) is 9.61. The number of benzene rings is 2. The van der Waals surface area contributed by atoms with Crippen LogP contribution in [-0.2, 0) is 16.1 Å². The predicted molar refractivity (Wildman–Crippen MR) is 118 cm³/mol. The summed E-state index contributed by atoms with van der Waals surface area (Å²) >= 11 is 0. The van der Waals surface area contributed by atoms with Crippen LogP contribution in [0.25, 0.3) is 0 Å². The van der Waals surface area contributed by atoms with Crippen molar-refractivity contribution in [3.05, 3.63) is 66.0 Å². The predicted octanol–water partition coefficient (Wildman–Crippen LogP) is 3.15. The lowest BCUT2D eigenvalue weighted by Gasteiger charge is -2.43. The summed E-state index contributed by atoms with van der Waals surface area (Å²) in [7, 11) is 0. The summed E-state index contributed by atoms with van der Waals surface area (Å²) in [6.07, 6.45) is -3.72. The maximum absolute atomic E-state index is 14.7. The lowest BCUT2D eigenvalue weighted by molar-refractivity contribution is -0.142. The molecule has 1 N–H and O–H groups in total. The van der Waals surface area contributed by atoms with E-state index in [1.807, 2.05) is 30.3 Å². The lowest BCUT2D eigenvalue weighted by atomic mass is 9.85. The van der Waals surface area contributed by atoms with Gasteiger partial charge in [0.05, 0.1) is 12.4 Å². The number of hydrogen-bond donors (Lipinski definition) is 1. The topological polar surface area (TPSA) is 55.9 Å². The van der Waals surface area contributed by atoms with Crippen LogP contribution in [0, 0.1) is 5.82 Å². The third kappa shape index (κ3) is 5.16. The van der Waals surface area contributed by atoms with Crippen LogP contribution in [0.1, 0.15) is 18.4 Å². The minimum atomic E-state index is -4.54. The van der Waals surface area contributed by atoms with E-state index >= 15 is 0 Å². The van der Waals surface area contributed by atoms with Gasteiger partial charge in [-0.05, 0) is 30.5 Å². The van der Waals surface area contributed by atoms with Gasteiger partial charge in [-0.3, -0.25) is 14.5 Å². The van der Waals surface area contributed by atoms with Crippen LogP contribution in [0.3, 0.4) is 0 Å². The van der Waals surface area contributed by atoms with Gasteiger partial charge < -0.3 is 15.1 Å². The van der Waals surface area contributed by atoms with Crippen molar-refractivity contribution in [1.82, 2.24) is 15.1 Å². The van der Waals surface area contributed by atoms with Crippen molar-refractivity contribution in [2.45, 2.75) is 31.1 Å². The van der Waals surface area contributed by atoms with E-state index in [0.29, 0.717) is 32.5 Å². The Morgan fingerprint density at radius 1 is 1.00 bits per heavy atom. The first kappa shape index (κ1) is 24.0. The van der Waals surface area contributed by atoms with E-state index in [9.17, 15) is 27.2 Å². The zero-order valence-corrected chi connectivity index (χ0v) is 18.5. The summed E-state index contributed by atoms with van der Waals surface area (Å²) in [5.74, 6) is -1.76. The van der Waals surface area contributed by atoms with Crippen molar-refractivity contribution in [2.75, 3.05) is 37.7 Å². The highest BCUT2D eigenvalue weighted by Crippen LogP contribution is 2.40. The zero-order valence-electron chi connectivity index (χ0n) is 18.5. The van der Waals surface area contributed by atoms with Gasteiger partial charge in [-0.1, -0.05) is 42.5 Å². The third-order valence-electron chi connectivity index (χ3n) is 6.41. The van der Waals surface area contributed by atoms with E-state index in [4.69, 9.17) is 0 Å². The Labute approximate surface area is 195 Å². The first-order valence-electron chi connectivity index (χ1n) is 11.1. The number of carbonyl (C=O) groups is 2. The van der Waals surface area contributed by atoms with Crippen LogP contribution >= 0.6 is 0 Å². The highest BCUT2D eigenvalue weighted by molar-refractivity contribution is 5.96. The molecule has 6 nitrogen and oxygen atoms in total. The number of halogens is 4. The van der Waals surface area contributed by atoms with Gasteiger partial charge in [0.2, 0.25) is 5.91 Å². The number of likely N-dealkylation sites (tertiary alicyclic amines) is 1. The normalized spacial score (nSPS) is 18.5. The highest BCUT2D eigenvalue weighted by atomic mass is 19.4. The Hall–Kier alpha value is -3.14. The highest BCUT2D eigenvalue weighted by Gasteiger charge is 2.54. The number of carbonyl (C=O) groups excluding carboxylic acids is 2. The van der Waals surface area contributed by atoms with Gasteiger partial charge in [-0.25, -0.2) is 4.39 Å². The van der Waals surface area contributed by atoms with Crippen LogP contribution in [0.2, 0.25) is 0 Å².